The lowest BCUT2D eigenvalue weighted by Crippen LogP contribution is -2.60. The lowest BCUT2D eigenvalue weighted by molar-refractivity contribution is 0.0152. The van der Waals surface area contributed by atoms with E-state index in [2.05, 4.69) is 17.2 Å². The summed E-state index contributed by atoms with van der Waals surface area (Å²) in [7, 11) is 0. The van der Waals surface area contributed by atoms with Crippen molar-refractivity contribution in [2.45, 2.75) is 38.3 Å². The number of carbonyl (C=O) groups is 1. The Morgan fingerprint density at radius 1 is 1.29 bits per heavy atom. The Labute approximate surface area is 126 Å². The van der Waals surface area contributed by atoms with Crippen LogP contribution in [0.2, 0.25) is 0 Å². The van der Waals surface area contributed by atoms with Crippen molar-refractivity contribution in [2.75, 3.05) is 25.1 Å². The van der Waals surface area contributed by atoms with Gasteiger partial charge in [0.1, 0.15) is 0 Å². The minimum atomic E-state index is 0.0845. The first-order valence-electron chi connectivity index (χ1n) is 7.81. The molecule has 1 amide bonds. The number of amides is 1. The van der Waals surface area contributed by atoms with Crippen molar-refractivity contribution < 1.29 is 4.79 Å². The quantitative estimate of drug-likeness (QED) is 0.642. The van der Waals surface area contributed by atoms with Gasteiger partial charge in [-0.3, -0.25) is 15.5 Å². The number of piperidine rings is 1. The summed E-state index contributed by atoms with van der Waals surface area (Å²) in [6.07, 6.45) is 3.77. The summed E-state index contributed by atoms with van der Waals surface area (Å²) in [6.45, 7) is 5.13. The minimum Gasteiger partial charge on any atom is -0.333 e. The van der Waals surface area contributed by atoms with Crippen LogP contribution in [0.25, 0.3) is 0 Å². The average molecular weight is 288 g/mol. The summed E-state index contributed by atoms with van der Waals surface area (Å²) in [5.74, 6) is 5.61. The summed E-state index contributed by atoms with van der Waals surface area (Å²) in [6, 6.07) is 8.23. The van der Waals surface area contributed by atoms with Crippen LogP contribution < -0.4 is 11.3 Å². The van der Waals surface area contributed by atoms with Crippen LogP contribution >= 0.6 is 0 Å². The van der Waals surface area contributed by atoms with Crippen LogP contribution in [0.5, 0.6) is 0 Å². The predicted octanol–water partition coefficient (Wildman–Crippen LogP) is 1.67. The first kappa shape index (κ1) is 14.4. The van der Waals surface area contributed by atoms with Crippen molar-refractivity contribution in [1.29, 1.82) is 0 Å². The van der Waals surface area contributed by atoms with Crippen molar-refractivity contribution in [3.63, 3.8) is 0 Å². The van der Waals surface area contributed by atoms with Gasteiger partial charge < -0.3 is 10.3 Å². The van der Waals surface area contributed by atoms with Crippen LogP contribution in [0.4, 0.5) is 5.69 Å². The highest BCUT2D eigenvalue weighted by atomic mass is 16.2. The summed E-state index contributed by atoms with van der Waals surface area (Å²) in [5, 5.41) is 0. The zero-order chi connectivity index (χ0) is 14.8. The van der Waals surface area contributed by atoms with Gasteiger partial charge in [-0.1, -0.05) is 18.6 Å². The molecule has 1 aromatic rings. The number of nitrogens with zero attached hydrogens (tertiary/aromatic N) is 2. The number of fused-ring (bicyclic) bond motifs is 1. The molecule has 2 aliphatic heterocycles. The molecule has 0 aliphatic carbocycles. The van der Waals surface area contributed by atoms with Gasteiger partial charge in [-0.15, -0.1) is 0 Å². The maximum absolute atomic E-state index is 12.9. The Hall–Kier alpha value is -1.59. The highest BCUT2D eigenvalue weighted by Gasteiger charge is 2.35. The maximum Gasteiger partial charge on any atom is 0.256 e. The fourth-order valence-electron chi connectivity index (χ4n) is 3.59. The van der Waals surface area contributed by atoms with Gasteiger partial charge in [0.05, 0.1) is 11.3 Å². The van der Waals surface area contributed by atoms with E-state index in [1.54, 1.807) is 0 Å². The lowest BCUT2D eigenvalue weighted by atomic mass is 9.96. The van der Waals surface area contributed by atoms with Gasteiger partial charge in [0.2, 0.25) is 0 Å². The van der Waals surface area contributed by atoms with Crippen molar-refractivity contribution in [2.24, 2.45) is 5.84 Å². The zero-order valence-electron chi connectivity index (χ0n) is 12.6. The Morgan fingerprint density at radius 3 is 2.90 bits per heavy atom. The second-order valence-electron chi connectivity index (χ2n) is 6.14. The summed E-state index contributed by atoms with van der Waals surface area (Å²) in [4.78, 5) is 17.4. The largest absolute Gasteiger partial charge is 0.333 e. The second-order valence-corrected chi connectivity index (χ2v) is 6.14. The molecule has 2 saturated heterocycles. The number of carbonyl (C=O) groups excluding carboxylic acids is 1. The topological polar surface area (TPSA) is 61.6 Å². The molecule has 0 bridgehead atoms. The van der Waals surface area contributed by atoms with Crippen LogP contribution in [-0.2, 0) is 0 Å². The van der Waals surface area contributed by atoms with Gasteiger partial charge in [-0.05, 0) is 38.4 Å². The third-order valence-electron chi connectivity index (χ3n) is 4.76. The van der Waals surface area contributed by atoms with E-state index in [9.17, 15) is 4.79 Å². The number of nitrogen functional groups attached to an aromatic ring is 1. The molecule has 0 spiro atoms. The lowest BCUT2D eigenvalue weighted by Gasteiger charge is -2.47. The summed E-state index contributed by atoms with van der Waals surface area (Å²) < 4.78 is 0. The van der Waals surface area contributed by atoms with Crippen molar-refractivity contribution in [3.05, 3.63) is 29.8 Å². The molecule has 0 aromatic heterocycles. The van der Waals surface area contributed by atoms with Gasteiger partial charge >= 0.3 is 0 Å². The average Bonchev–Trinajstić information content (AvgIpc) is 2.53. The fraction of sp³-hybridized carbons (Fsp3) is 0.562. The number of hydrogen-bond donors (Lipinski definition) is 2. The third kappa shape index (κ3) is 2.76. The van der Waals surface area contributed by atoms with Gasteiger partial charge in [-0.25, -0.2) is 0 Å². The molecule has 2 atom stereocenters. The molecule has 3 N–H and O–H groups in total. The molecule has 2 heterocycles. The van der Waals surface area contributed by atoms with Gasteiger partial charge in [-0.2, -0.15) is 0 Å². The third-order valence-corrected chi connectivity index (χ3v) is 4.76. The number of nitrogens with two attached hydrogens (primary N) is 1. The minimum absolute atomic E-state index is 0.0845. The number of piperazine rings is 1. The number of benzene rings is 1. The molecular weight excluding hydrogens is 264 g/mol. The molecule has 5 heteroatoms. The molecule has 114 valence electrons. The van der Waals surface area contributed by atoms with Gasteiger partial charge in [0.15, 0.2) is 0 Å². The fourth-order valence-corrected chi connectivity index (χ4v) is 3.59. The number of nitrogens with one attached hydrogen (secondary N) is 1. The Kier molecular flexibility index (Phi) is 4.12. The maximum atomic E-state index is 12.9. The predicted molar refractivity (Wildman–Crippen MR) is 84.0 cm³/mol. The van der Waals surface area contributed by atoms with E-state index in [-0.39, 0.29) is 11.9 Å². The van der Waals surface area contributed by atoms with Crippen molar-refractivity contribution in [1.82, 2.24) is 9.80 Å². The van der Waals surface area contributed by atoms with E-state index in [0.717, 1.165) is 13.1 Å². The Bertz CT molecular complexity index is 519. The first-order valence-corrected chi connectivity index (χ1v) is 7.81. The Balaban J connectivity index is 1.80. The van der Waals surface area contributed by atoms with Crippen LogP contribution in [0.1, 0.15) is 36.5 Å². The SMILES string of the molecule is CC1CN2CCCCC2CN1C(=O)c1ccccc1NN. The van der Waals surface area contributed by atoms with Crippen LogP contribution in [0.3, 0.4) is 0 Å². The highest BCUT2D eigenvalue weighted by molar-refractivity contribution is 5.99. The van der Waals surface area contributed by atoms with E-state index in [4.69, 9.17) is 5.84 Å². The molecule has 21 heavy (non-hydrogen) atoms. The normalized spacial score (nSPS) is 26.3. The number of para-hydroxylation sites is 1. The molecule has 1 aromatic carbocycles. The van der Waals surface area contributed by atoms with E-state index >= 15 is 0 Å². The van der Waals surface area contributed by atoms with Crippen LogP contribution in [0.15, 0.2) is 24.3 Å². The molecule has 2 aliphatic rings. The molecule has 2 unspecified atom stereocenters. The molecule has 0 saturated carbocycles. The summed E-state index contributed by atoms with van der Waals surface area (Å²) in [5.41, 5.74) is 3.99. The number of anilines is 1. The van der Waals surface area contributed by atoms with Crippen LogP contribution in [0, 0.1) is 0 Å². The smallest absolute Gasteiger partial charge is 0.256 e. The molecule has 2 fully saturated rings. The van der Waals surface area contributed by atoms with Crippen LogP contribution in [-0.4, -0.2) is 47.4 Å². The van der Waals surface area contributed by atoms with Gasteiger partial charge in [0.25, 0.3) is 5.91 Å². The number of rotatable bonds is 2. The van der Waals surface area contributed by atoms with E-state index in [1.807, 2.05) is 29.2 Å². The molecule has 0 radical (unpaired) electrons. The summed E-state index contributed by atoms with van der Waals surface area (Å²) >= 11 is 0. The zero-order valence-corrected chi connectivity index (χ0v) is 12.6. The Morgan fingerprint density at radius 2 is 2.10 bits per heavy atom. The molecule has 3 rings (SSSR count). The number of hydrogen-bond acceptors (Lipinski definition) is 4. The monoisotopic (exact) mass is 288 g/mol. The number of hydrazine groups is 1. The first-order chi connectivity index (χ1) is 10.2. The highest BCUT2D eigenvalue weighted by Crippen LogP contribution is 2.26. The molecular formula is C16H24N4O. The second kappa shape index (κ2) is 6.03. The van der Waals surface area contributed by atoms with Crippen molar-refractivity contribution in [3.8, 4) is 0 Å². The van der Waals surface area contributed by atoms with Crippen molar-refractivity contribution >= 4 is 11.6 Å². The van der Waals surface area contributed by atoms with Gasteiger partial charge in [0, 0.05) is 25.2 Å². The van der Waals surface area contributed by atoms with E-state index in [0.29, 0.717) is 17.3 Å². The molecule has 5 nitrogen and oxygen atoms in total. The standard InChI is InChI=1S/C16H24N4O/c1-12-10-19-9-5-4-6-13(19)11-20(12)16(21)14-7-2-3-8-15(14)18-17/h2-3,7-8,12-13,18H,4-6,9-11,17H2,1H3. The van der Waals surface area contributed by atoms with E-state index < -0.39 is 0 Å². The van der Waals surface area contributed by atoms with E-state index in [1.165, 1.54) is 25.8 Å².